The van der Waals surface area contributed by atoms with E-state index in [-0.39, 0.29) is 0 Å². The second-order valence-corrected chi connectivity index (χ2v) is 7.65. The van der Waals surface area contributed by atoms with E-state index in [1.54, 1.807) is 0 Å². The van der Waals surface area contributed by atoms with Crippen LogP contribution in [0.2, 0.25) is 5.02 Å². The Labute approximate surface area is 157 Å². The number of hydrogen-bond donors (Lipinski definition) is 0. The standard InChI is InChI=1S/C19H21ClN6/c20-16-3-1-2-14(10-16)13-24-6-8-25(9-7-24)17-11-18-22-23-19(15-4-5-15)26(18)21-12-17/h1-3,10-12,15H,4-9,13H2. The molecule has 2 aliphatic rings. The van der Waals surface area contributed by atoms with E-state index in [0.717, 1.165) is 54.9 Å². The minimum Gasteiger partial charge on any atom is -0.368 e. The SMILES string of the molecule is Clc1cccc(CN2CCN(c3cnn4c(C5CC5)nnc4c3)CC2)c1. The topological polar surface area (TPSA) is 49.6 Å². The minimum absolute atomic E-state index is 0.554. The molecule has 7 heteroatoms. The number of anilines is 1. The van der Waals surface area contributed by atoms with Crippen LogP contribution in [0.1, 0.15) is 30.1 Å². The fraction of sp³-hybridized carbons (Fsp3) is 0.421. The molecule has 3 heterocycles. The Morgan fingerprint density at radius 2 is 1.88 bits per heavy atom. The van der Waals surface area contributed by atoms with Gasteiger partial charge >= 0.3 is 0 Å². The lowest BCUT2D eigenvalue weighted by Gasteiger charge is -2.35. The van der Waals surface area contributed by atoms with Crippen LogP contribution in [0.5, 0.6) is 0 Å². The largest absolute Gasteiger partial charge is 0.368 e. The van der Waals surface area contributed by atoms with Crippen molar-refractivity contribution in [2.45, 2.75) is 25.3 Å². The molecule has 0 amide bonds. The summed E-state index contributed by atoms with van der Waals surface area (Å²) in [5.41, 5.74) is 3.26. The molecule has 1 saturated carbocycles. The van der Waals surface area contributed by atoms with Crippen LogP contribution < -0.4 is 4.90 Å². The first kappa shape index (κ1) is 16.0. The predicted octanol–water partition coefficient (Wildman–Crippen LogP) is 2.98. The van der Waals surface area contributed by atoms with Crippen molar-refractivity contribution in [2.75, 3.05) is 31.1 Å². The first-order chi connectivity index (χ1) is 12.8. The molecule has 0 bridgehead atoms. The molecule has 134 valence electrons. The summed E-state index contributed by atoms with van der Waals surface area (Å²) in [4.78, 5) is 4.85. The molecule has 1 aliphatic heterocycles. The van der Waals surface area contributed by atoms with Crippen LogP contribution >= 0.6 is 11.6 Å². The van der Waals surface area contributed by atoms with Crippen LogP contribution in [0.25, 0.3) is 5.65 Å². The molecule has 5 rings (SSSR count). The highest BCUT2D eigenvalue weighted by molar-refractivity contribution is 6.30. The summed E-state index contributed by atoms with van der Waals surface area (Å²) in [6, 6.07) is 10.2. The number of benzene rings is 1. The maximum absolute atomic E-state index is 6.09. The first-order valence-corrected chi connectivity index (χ1v) is 9.57. The van der Waals surface area contributed by atoms with Crippen LogP contribution in [-0.2, 0) is 6.54 Å². The van der Waals surface area contributed by atoms with Crippen LogP contribution in [0, 0.1) is 0 Å². The Kier molecular flexibility index (Phi) is 4.02. The van der Waals surface area contributed by atoms with Crippen molar-refractivity contribution in [3.8, 4) is 0 Å². The van der Waals surface area contributed by atoms with Gasteiger partial charge in [0.05, 0.1) is 11.9 Å². The molecule has 6 nitrogen and oxygen atoms in total. The third-order valence-corrected chi connectivity index (χ3v) is 5.48. The van der Waals surface area contributed by atoms with E-state index < -0.39 is 0 Å². The van der Waals surface area contributed by atoms with Gasteiger partial charge in [0.25, 0.3) is 0 Å². The zero-order valence-corrected chi connectivity index (χ0v) is 15.3. The maximum atomic E-state index is 6.09. The van der Waals surface area contributed by atoms with E-state index in [0.29, 0.717) is 5.92 Å². The zero-order chi connectivity index (χ0) is 17.5. The van der Waals surface area contributed by atoms with Crippen molar-refractivity contribution in [1.29, 1.82) is 0 Å². The molecule has 2 aromatic heterocycles. The fourth-order valence-corrected chi connectivity index (χ4v) is 3.84. The molecule has 1 aliphatic carbocycles. The van der Waals surface area contributed by atoms with E-state index in [1.807, 2.05) is 22.8 Å². The number of aromatic nitrogens is 4. The third kappa shape index (κ3) is 3.15. The van der Waals surface area contributed by atoms with Crippen molar-refractivity contribution in [2.24, 2.45) is 0 Å². The second-order valence-electron chi connectivity index (χ2n) is 7.21. The van der Waals surface area contributed by atoms with Crippen LogP contribution in [0.4, 0.5) is 5.69 Å². The molecule has 1 saturated heterocycles. The van der Waals surface area contributed by atoms with Gasteiger partial charge in [-0.15, -0.1) is 10.2 Å². The predicted molar refractivity (Wildman–Crippen MR) is 102 cm³/mol. The van der Waals surface area contributed by atoms with Gasteiger partial charge in [-0.2, -0.15) is 9.61 Å². The maximum Gasteiger partial charge on any atom is 0.179 e. The Morgan fingerprint density at radius 1 is 1.04 bits per heavy atom. The second kappa shape index (κ2) is 6.52. The summed E-state index contributed by atoms with van der Waals surface area (Å²) in [5.74, 6) is 1.57. The monoisotopic (exact) mass is 368 g/mol. The minimum atomic E-state index is 0.554. The average molecular weight is 369 g/mol. The summed E-state index contributed by atoms with van der Waals surface area (Å²) >= 11 is 6.09. The number of piperazine rings is 1. The molecule has 0 spiro atoms. The highest BCUT2D eigenvalue weighted by Gasteiger charge is 2.29. The summed E-state index contributed by atoms with van der Waals surface area (Å²) in [5, 5.41) is 14.0. The summed E-state index contributed by atoms with van der Waals surface area (Å²) in [6.07, 6.45) is 4.37. The summed E-state index contributed by atoms with van der Waals surface area (Å²) in [6.45, 7) is 4.97. The molecule has 26 heavy (non-hydrogen) atoms. The highest BCUT2D eigenvalue weighted by Crippen LogP contribution is 2.38. The van der Waals surface area contributed by atoms with Crippen molar-refractivity contribution in [3.63, 3.8) is 0 Å². The van der Waals surface area contributed by atoms with Gasteiger partial charge in [0.2, 0.25) is 0 Å². The Morgan fingerprint density at radius 3 is 2.65 bits per heavy atom. The van der Waals surface area contributed by atoms with Crippen molar-refractivity contribution >= 4 is 22.9 Å². The van der Waals surface area contributed by atoms with Crippen LogP contribution in [-0.4, -0.2) is 50.9 Å². The molecule has 3 aromatic rings. The van der Waals surface area contributed by atoms with Gasteiger partial charge in [0, 0.05) is 49.7 Å². The quantitative estimate of drug-likeness (QED) is 0.708. The molecule has 1 aromatic carbocycles. The van der Waals surface area contributed by atoms with Gasteiger partial charge in [-0.3, -0.25) is 4.90 Å². The first-order valence-electron chi connectivity index (χ1n) is 9.19. The van der Waals surface area contributed by atoms with E-state index in [1.165, 1.54) is 18.4 Å². The summed E-state index contributed by atoms with van der Waals surface area (Å²) < 4.78 is 1.90. The van der Waals surface area contributed by atoms with Gasteiger partial charge in [-0.25, -0.2) is 0 Å². The zero-order valence-electron chi connectivity index (χ0n) is 14.6. The van der Waals surface area contributed by atoms with E-state index in [9.17, 15) is 0 Å². The Hall–Kier alpha value is -2.18. The van der Waals surface area contributed by atoms with Crippen LogP contribution in [0.15, 0.2) is 36.5 Å². The number of rotatable bonds is 4. The summed E-state index contributed by atoms with van der Waals surface area (Å²) in [7, 11) is 0. The lowest BCUT2D eigenvalue weighted by Crippen LogP contribution is -2.46. The molecule has 0 N–H and O–H groups in total. The Bertz CT molecular complexity index is 927. The molecule has 0 radical (unpaired) electrons. The van der Waals surface area contributed by atoms with E-state index >= 15 is 0 Å². The number of nitrogens with zero attached hydrogens (tertiary/aromatic N) is 6. The van der Waals surface area contributed by atoms with Crippen molar-refractivity contribution in [3.05, 3.63) is 52.9 Å². The average Bonchev–Trinajstić information content (AvgIpc) is 3.41. The molecule has 0 atom stereocenters. The molecule has 2 fully saturated rings. The smallest absolute Gasteiger partial charge is 0.179 e. The van der Waals surface area contributed by atoms with Gasteiger partial charge in [-0.1, -0.05) is 23.7 Å². The lowest BCUT2D eigenvalue weighted by atomic mass is 10.2. The lowest BCUT2D eigenvalue weighted by molar-refractivity contribution is 0.250. The van der Waals surface area contributed by atoms with E-state index in [2.05, 4.69) is 43.3 Å². The van der Waals surface area contributed by atoms with Crippen molar-refractivity contribution in [1.82, 2.24) is 24.7 Å². The fourth-order valence-electron chi connectivity index (χ4n) is 3.63. The van der Waals surface area contributed by atoms with Gasteiger partial charge < -0.3 is 4.90 Å². The van der Waals surface area contributed by atoms with Gasteiger partial charge in [0.15, 0.2) is 11.5 Å². The van der Waals surface area contributed by atoms with Crippen LogP contribution in [0.3, 0.4) is 0 Å². The number of fused-ring (bicyclic) bond motifs is 1. The van der Waals surface area contributed by atoms with Crippen molar-refractivity contribution < 1.29 is 0 Å². The third-order valence-electron chi connectivity index (χ3n) is 5.25. The molecular formula is C19H21ClN6. The van der Waals surface area contributed by atoms with E-state index in [4.69, 9.17) is 11.6 Å². The normalized spacial score (nSPS) is 18.6. The highest BCUT2D eigenvalue weighted by atomic mass is 35.5. The van der Waals surface area contributed by atoms with Gasteiger partial charge in [0.1, 0.15) is 0 Å². The number of hydrogen-bond acceptors (Lipinski definition) is 5. The number of halogens is 1. The Balaban J connectivity index is 1.25. The molecular weight excluding hydrogens is 348 g/mol. The van der Waals surface area contributed by atoms with Gasteiger partial charge in [-0.05, 0) is 30.5 Å². The molecule has 0 unspecified atom stereocenters.